The van der Waals surface area contributed by atoms with Crippen LogP contribution in [0.2, 0.25) is 0 Å². The van der Waals surface area contributed by atoms with Gasteiger partial charge in [0.25, 0.3) is 0 Å². The lowest BCUT2D eigenvalue weighted by molar-refractivity contribution is 0.168. The number of fused-ring (bicyclic) bond motifs is 1. The fraction of sp³-hybridized carbons (Fsp3) is 0.667. The van der Waals surface area contributed by atoms with Crippen molar-refractivity contribution in [2.75, 3.05) is 44.7 Å². The molecule has 0 unspecified atom stereocenters. The number of nitrogens with one attached hydrogen (secondary N) is 1. The summed E-state index contributed by atoms with van der Waals surface area (Å²) in [6, 6.07) is 0. The van der Waals surface area contributed by atoms with Crippen molar-refractivity contribution in [1.29, 1.82) is 0 Å². The van der Waals surface area contributed by atoms with Gasteiger partial charge in [-0.25, -0.2) is 15.0 Å². The number of hydrogen-bond donors (Lipinski definition) is 1. The molecule has 0 spiro atoms. The molecule has 8 nitrogen and oxygen atoms in total. The minimum atomic E-state index is 0.691. The molecule has 2 aliphatic heterocycles. The average Bonchev–Trinajstić information content (AvgIpc) is 3.32. The van der Waals surface area contributed by atoms with Gasteiger partial charge in [0.2, 0.25) is 0 Å². The standard InChI is InChI=1S/C18H27N7O/c1(6-25-14-19-12-23-25)5-20-18-16-2-7-24(10-15-4-9-26-11-15)8-3-17(16)21-13-22-18/h12-15H,1-11H2,(H,20,21,22)/t15-/m0/s1. The van der Waals surface area contributed by atoms with Crippen molar-refractivity contribution >= 4 is 5.82 Å². The van der Waals surface area contributed by atoms with E-state index in [9.17, 15) is 0 Å². The fourth-order valence-corrected chi connectivity index (χ4v) is 3.80. The van der Waals surface area contributed by atoms with Crippen LogP contribution in [0.5, 0.6) is 0 Å². The lowest BCUT2D eigenvalue weighted by atomic mass is 10.1. The van der Waals surface area contributed by atoms with Gasteiger partial charge in [0.05, 0.1) is 12.3 Å². The van der Waals surface area contributed by atoms with E-state index < -0.39 is 0 Å². The molecule has 0 aromatic carbocycles. The van der Waals surface area contributed by atoms with Gasteiger partial charge in [-0.3, -0.25) is 4.68 Å². The Morgan fingerprint density at radius 1 is 1.19 bits per heavy atom. The third-order valence-corrected chi connectivity index (χ3v) is 5.24. The summed E-state index contributed by atoms with van der Waals surface area (Å²) in [4.78, 5) is 15.6. The van der Waals surface area contributed by atoms with Crippen molar-refractivity contribution in [1.82, 2.24) is 29.6 Å². The van der Waals surface area contributed by atoms with Crippen LogP contribution >= 0.6 is 0 Å². The van der Waals surface area contributed by atoms with Gasteiger partial charge in [0.15, 0.2) is 0 Å². The maximum Gasteiger partial charge on any atom is 0.137 e. The lowest BCUT2D eigenvalue weighted by Gasteiger charge is -2.22. The first-order valence-electron chi connectivity index (χ1n) is 9.57. The van der Waals surface area contributed by atoms with Crippen molar-refractivity contribution in [3.63, 3.8) is 0 Å². The van der Waals surface area contributed by atoms with Crippen LogP contribution in [-0.2, 0) is 24.1 Å². The van der Waals surface area contributed by atoms with E-state index in [-0.39, 0.29) is 0 Å². The van der Waals surface area contributed by atoms with Crippen LogP contribution < -0.4 is 5.32 Å². The summed E-state index contributed by atoms with van der Waals surface area (Å²) in [5.74, 6) is 1.69. The van der Waals surface area contributed by atoms with Crippen molar-refractivity contribution in [3.05, 3.63) is 30.2 Å². The molecule has 1 atom stereocenters. The molecule has 4 heterocycles. The van der Waals surface area contributed by atoms with Gasteiger partial charge in [0.1, 0.15) is 24.8 Å². The van der Waals surface area contributed by atoms with Gasteiger partial charge >= 0.3 is 0 Å². The van der Waals surface area contributed by atoms with Crippen molar-refractivity contribution in [2.45, 2.75) is 32.2 Å². The molecule has 0 saturated carbocycles. The molecule has 1 fully saturated rings. The summed E-state index contributed by atoms with van der Waals surface area (Å²) in [5.41, 5.74) is 2.49. The molecule has 8 heteroatoms. The monoisotopic (exact) mass is 357 g/mol. The van der Waals surface area contributed by atoms with Crippen LogP contribution in [0.15, 0.2) is 19.0 Å². The number of ether oxygens (including phenoxy) is 1. The van der Waals surface area contributed by atoms with Crippen LogP contribution in [0, 0.1) is 5.92 Å². The highest BCUT2D eigenvalue weighted by Crippen LogP contribution is 2.22. The van der Waals surface area contributed by atoms with Crippen molar-refractivity contribution < 1.29 is 4.74 Å². The molecular formula is C18H27N7O. The highest BCUT2D eigenvalue weighted by atomic mass is 16.5. The number of nitrogens with zero attached hydrogens (tertiary/aromatic N) is 6. The second-order valence-corrected chi connectivity index (χ2v) is 7.12. The Balaban J connectivity index is 1.31. The Kier molecular flexibility index (Phi) is 5.71. The number of rotatable bonds is 7. The van der Waals surface area contributed by atoms with Gasteiger partial charge in [-0.05, 0) is 25.2 Å². The third-order valence-electron chi connectivity index (χ3n) is 5.24. The zero-order chi connectivity index (χ0) is 17.6. The van der Waals surface area contributed by atoms with E-state index >= 15 is 0 Å². The lowest BCUT2D eigenvalue weighted by Crippen LogP contribution is -2.32. The number of aryl methyl sites for hydroxylation is 1. The Hall–Kier alpha value is -2.06. The number of anilines is 1. The minimum Gasteiger partial charge on any atom is -0.381 e. The molecule has 26 heavy (non-hydrogen) atoms. The zero-order valence-corrected chi connectivity index (χ0v) is 15.2. The summed E-state index contributed by atoms with van der Waals surface area (Å²) in [6.07, 6.45) is 9.20. The second-order valence-electron chi connectivity index (χ2n) is 7.12. The molecule has 0 amide bonds. The first-order chi connectivity index (χ1) is 12.9. The highest BCUT2D eigenvalue weighted by molar-refractivity contribution is 5.46. The van der Waals surface area contributed by atoms with E-state index in [4.69, 9.17) is 4.74 Å². The summed E-state index contributed by atoms with van der Waals surface area (Å²) >= 11 is 0. The van der Waals surface area contributed by atoms with E-state index in [1.165, 1.54) is 17.7 Å². The van der Waals surface area contributed by atoms with E-state index in [0.717, 1.165) is 71.0 Å². The number of aromatic nitrogens is 5. The molecule has 2 aliphatic rings. The van der Waals surface area contributed by atoms with Gasteiger partial charge in [-0.2, -0.15) is 5.10 Å². The molecule has 2 aromatic rings. The molecule has 2 aromatic heterocycles. The molecule has 1 saturated heterocycles. The molecule has 1 N–H and O–H groups in total. The SMILES string of the molecule is c1nc2c(c(NCCCn3cncn3)n1)CCN(C[C@@H]1CCOC1)CC2. The second kappa shape index (κ2) is 8.55. The summed E-state index contributed by atoms with van der Waals surface area (Å²) in [5, 5.41) is 7.63. The number of hydrogen-bond acceptors (Lipinski definition) is 7. The summed E-state index contributed by atoms with van der Waals surface area (Å²) in [7, 11) is 0. The van der Waals surface area contributed by atoms with Crippen molar-refractivity contribution in [2.24, 2.45) is 5.92 Å². The van der Waals surface area contributed by atoms with E-state index in [2.05, 4.69) is 30.3 Å². The Labute approximate surface area is 154 Å². The first-order valence-corrected chi connectivity index (χ1v) is 9.57. The van der Waals surface area contributed by atoms with Gasteiger partial charge in [-0.15, -0.1) is 0 Å². The summed E-state index contributed by atoms with van der Waals surface area (Å²) < 4.78 is 7.38. The summed E-state index contributed by atoms with van der Waals surface area (Å²) in [6.45, 7) is 6.86. The normalized spacial score (nSPS) is 20.7. The highest BCUT2D eigenvalue weighted by Gasteiger charge is 2.23. The molecule has 4 rings (SSSR count). The zero-order valence-electron chi connectivity index (χ0n) is 15.2. The van der Waals surface area contributed by atoms with Crippen LogP contribution in [0.25, 0.3) is 0 Å². The van der Waals surface area contributed by atoms with Gasteiger partial charge in [0, 0.05) is 51.3 Å². The predicted molar refractivity (Wildman–Crippen MR) is 97.9 cm³/mol. The van der Waals surface area contributed by atoms with Crippen molar-refractivity contribution in [3.8, 4) is 0 Å². The quantitative estimate of drug-likeness (QED) is 0.741. The maximum absolute atomic E-state index is 5.52. The molecule has 0 bridgehead atoms. The molecule has 0 aliphatic carbocycles. The minimum absolute atomic E-state index is 0.691. The van der Waals surface area contributed by atoms with Crippen LogP contribution in [0.4, 0.5) is 5.82 Å². The fourth-order valence-electron chi connectivity index (χ4n) is 3.80. The van der Waals surface area contributed by atoms with E-state index in [1.54, 1.807) is 19.0 Å². The van der Waals surface area contributed by atoms with Crippen LogP contribution in [0.1, 0.15) is 24.1 Å². The van der Waals surface area contributed by atoms with E-state index in [1.807, 2.05) is 4.68 Å². The largest absolute Gasteiger partial charge is 0.381 e. The average molecular weight is 357 g/mol. The van der Waals surface area contributed by atoms with Crippen LogP contribution in [-0.4, -0.2) is 69.0 Å². The Morgan fingerprint density at radius 3 is 3.00 bits per heavy atom. The molecule has 0 radical (unpaired) electrons. The predicted octanol–water partition coefficient (Wildman–Crippen LogP) is 1.01. The van der Waals surface area contributed by atoms with Crippen LogP contribution in [0.3, 0.4) is 0 Å². The topological polar surface area (TPSA) is 81.0 Å². The first kappa shape index (κ1) is 17.4. The van der Waals surface area contributed by atoms with Gasteiger partial charge in [-0.1, -0.05) is 0 Å². The third kappa shape index (κ3) is 4.37. The Bertz CT molecular complexity index is 685. The molecular weight excluding hydrogens is 330 g/mol. The van der Waals surface area contributed by atoms with E-state index in [0.29, 0.717) is 5.92 Å². The van der Waals surface area contributed by atoms with Gasteiger partial charge < -0.3 is 15.0 Å². The maximum atomic E-state index is 5.52. The molecule has 140 valence electrons. The smallest absolute Gasteiger partial charge is 0.137 e. The Morgan fingerprint density at radius 2 is 2.15 bits per heavy atom.